The second-order valence-corrected chi connectivity index (χ2v) is 4.60. The molecule has 0 bridgehead atoms. The molecule has 0 rings (SSSR count). The van der Waals surface area contributed by atoms with Crippen LogP contribution in [-0.2, 0) is 15.5 Å². The minimum atomic E-state index is -2.10. The highest BCUT2D eigenvalue weighted by atomic mass is 32.2. The Morgan fingerprint density at radius 3 is 2.38 bits per heavy atom. The molecule has 0 saturated heterocycles. The zero-order chi connectivity index (χ0) is 10.3. The molecule has 0 aromatic rings. The molecule has 80 valence electrons. The summed E-state index contributed by atoms with van der Waals surface area (Å²) in [6.45, 7) is 6.81. The van der Waals surface area contributed by atoms with Gasteiger partial charge in [0.25, 0.3) is 0 Å². The van der Waals surface area contributed by atoms with Gasteiger partial charge in [-0.3, -0.25) is 8.74 Å². The summed E-state index contributed by atoms with van der Waals surface area (Å²) in [6, 6.07) is 0. The van der Waals surface area contributed by atoms with Gasteiger partial charge in [-0.25, -0.2) is 0 Å². The molecule has 0 radical (unpaired) electrons. The zero-order valence-electron chi connectivity index (χ0n) is 8.66. The summed E-state index contributed by atoms with van der Waals surface area (Å²) >= 11 is -2.10. The summed E-state index contributed by atoms with van der Waals surface area (Å²) in [7, 11) is 0. The van der Waals surface area contributed by atoms with Crippen LogP contribution in [0.2, 0.25) is 0 Å². The highest BCUT2D eigenvalue weighted by Gasteiger charge is 2.04. The molecule has 2 unspecified atom stereocenters. The minimum Gasteiger partial charge on any atom is -0.284 e. The Labute approximate surface area is 83.4 Å². The lowest BCUT2D eigenvalue weighted by Crippen LogP contribution is -2.07. The first-order valence-corrected chi connectivity index (χ1v) is 5.79. The Kier molecular flexibility index (Phi) is 7.51. The first-order chi connectivity index (χ1) is 6.02. The molecule has 4 heteroatoms. The molecule has 0 aromatic carbocycles. The molecule has 0 heterocycles. The van der Waals surface area contributed by atoms with Gasteiger partial charge in [-0.05, 0) is 18.3 Å². The Morgan fingerprint density at radius 1 is 1.31 bits per heavy atom. The molecule has 0 aliphatic carbocycles. The summed E-state index contributed by atoms with van der Waals surface area (Å²) in [6.07, 6.45) is 3.45. The molecule has 1 N–H and O–H groups in total. The van der Waals surface area contributed by atoms with E-state index in [4.69, 9.17) is 4.55 Å². The highest BCUT2D eigenvalue weighted by molar-refractivity contribution is 7.74. The third-order valence-corrected chi connectivity index (χ3v) is 2.27. The summed E-state index contributed by atoms with van der Waals surface area (Å²) in [5.41, 5.74) is 0. The van der Waals surface area contributed by atoms with Gasteiger partial charge in [-0.1, -0.05) is 33.6 Å². The van der Waals surface area contributed by atoms with Gasteiger partial charge in [0, 0.05) is 0 Å². The Balaban J connectivity index is 3.30. The van der Waals surface area contributed by atoms with Gasteiger partial charge < -0.3 is 0 Å². The predicted molar refractivity (Wildman–Crippen MR) is 54.6 cm³/mol. The maximum atomic E-state index is 10.2. The van der Waals surface area contributed by atoms with Gasteiger partial charge in [0.15, 0.2) is 0 Å². The lowest BCUT2D eigenvalue weighted by Gasteiger charge is -2.10. The fraction of sp³-hybridized carbons (Fsp3) is 1.00. The fourth-order valence-electron chi connectivity index (χ4n) is 1.13. The lowest BCUT2D eigenvalue weighted by atomic mass is 10.0. The Hall–Kier alpha value is 0.0700. The molecular formula is C9H20O3S. The second-order valence-electron chi connectivity index (χ2n) is 3.93. The molecule has 2 atom stereocenters. The van der Waals surface area contributed by atoms with Crippen molar-refractivity contribution in [2.24, 2.45) is 11.8 Å². The van der Waals surface area contributed by atoms with Crippen molar-refractivity contribution in [2.75, 3.05) is 6.61 Å². The molecule has 0 saturated carbocycles. The molecule has 0 aromatic heterocycles. The third-order valence-electron chi connectivity index (χ3n) is 1.93. The fourth-order valence-corrected chi connectivity index (χ4v) is 1.48. The number of hydrogen-bond acceptors (Lipinski definition) is 2. The van der Waals surface area contributed by atoms with Crippen molar-refractivity contribution >= 4 is 11.4 Å². The topological polar surface area (TPSA) is 46.5 Å². The minimum absolute atomic E-state index is 0.370. The van der Waals surface area contributed by atoms with Crippen LogP contribution in [0, 0.1) is 11.8 Å². The van der Waals surface area contributed by atoms with Crippen LogP contribution in [-0.4, -0.2) is 15.4 Å². The Morgan fingerprint density at radius 2 is 1.92 bits per heavy atom. The van der Waals surface area contributed by atoms with Gasteiger partial charge in [0.1, 0.15) is 0 Å². The van der Waals surface area contributed by atoms with Gasteiger partial charge in [-0.2, -0.15) is 4.21 Å². The van der Waals surface area contributed by atoms with Gasteiger partial charge in [-0.15, -0.1) is 0 Å². The molecule has 3 nitrogen and oxygen atoms in total. The first-order valence-electron chi connectivity index (χ1n) is 4.76. The third kappa shape index (κ3) is 9.99. The van der Waals surface area contributed by atoms with Gasteiger partial charge in [0.05, 0.1) is 6.61 Å². The van der Waals surface area contributed by atoms with Crippen LogP contribution in [0.4, 0.5) is 0 Å². The quantitative estimate of drug-likeness (QED) is 0.654. The van der Waals surface area contributed by atoms with E-state index in [1.807, 2.05) is 6.92 Å². The van der Waals surface area contributed by atoms with E-state index in [0.717, 1.165) is 12.3 Å². The smallest absolute Gasteiger partial charge is 0.284 e. The maximum absolute atomic E-state index is 10.2. The summed E-state index contributed by atoms with van der Waals surface area (Å²) < 4.78 is 23.1. The highest BCUT2D eigenvalue weighted by Crippen LogP contribution is 2.12. The van der Waals surface area contributed by atoms with Crippen molar-refractivity contribution in [3.63, 3.8) is 0 Å². The van der Waals surface area contributed by atoms with E-state index in [1.165, 1.54) is 12.8 Å². The molecule has 0 spiro atoms. The van der Waals surface area contributed by atoms with Crippen molar-refractivity contribution in [3.05, 3.63) is 0 Å². The predicted octanol–water partition coefficient (Wildman–Crippen LogP) is 2.60. The van der Waals surface area contributed by atoms with Crippen LogP contribution in [0.25, 0.3) is 0 Å². The molecule has 0 fully saturated rings. The number of hydrogen-bond donors (Lipinski definition) is 1. The van der Waals surface area contributed by atoms with Crippen molar-refractivity contribution in [1.82, 2.24) is 0 Å². The van der Waals surface area contributed by atoms with Gasteiger partial charge in [0.2, 0.25) is 0 Å². The average Bonchev–Trinajstić information content (AvgIpc) is 2.00. The molecule has 0 aliphatic heterocycles. The van der Waals surface area contributed by atoms with Crippen LogP contribution in [0.1, 0.15) is 40.0 Å². The van der Waals surface area contributed by atoms with Crippen molar-refractivity contribution < 1.29 is 12.9 Å². The first kappa shape index (κ1) is 13.1. The van der Waals surface area contributed by atoms with Crippen molar-refractivity contribution in [1.29, 1.82) is 0 Å². The van der Waals surface area contributed by atoms with Crippen molar-refractivity contribution in [2.45, 2.75) is 40.0 Å². The largest absolute Gasteiger partial charge is 0.301 e. The van der Waals surface area contributed by atoms with Crippen LogP contribution < -0.4 is 0 Å². The van der Waals surface area contributed by atoms with Crippen LogP contribution in [0.3, 0.4) is 0 Å². The molecule has 0 amide bonds. The SMILES string of the molecule is CC(C)CCCC(C)COS(=O)O. The lowest BCUT2D eigenvalue weighted by molar-refractivity contribution is 0.246. The van der Waals surface area contributed by atoms with E-state index in [1.54, 1.807) is 0 Å². The van der Waals surface area contributed by atoms with E-state index in [2.05, 4.69) is 18.0 Å². The van der Waals surface area contributed by atoms with Gasteiger partial charge >= 0.3 is 11.4 Å². The maximum Gasteiger partial charge on any atom is 0.301 e. The average molecular weight is 208 g/mol. The molecule has 0 aliphatic rings. The normalized spacial score (nSPS) is 16.1. The summed E-state index contributed by atoms with van der Waals surface area (Å²) in [4.78, 5) is 0. The van der Waals surface area contributed by atoms with Crippen LogP contribution in [0.15, 0.2) is 0 Å². The van der Waals surface area contributed by atoms with Crippen LogP contribution >= 0.6 is 0 Å². The summed E-state index contributed by atoms with van der Waals surface area (Å²) in [5, 5.41) is 0. The van der Waals surface area contributed by atoms with E-state index >= 15 is 0 Å². The zero-order valence-corrected chi connectivity index (χ0v) is 9.47. The number of rotatable bonds is 7. The van der Waals surface area contributed by atoms with E-state index in [0.29, 0.717) is 12.5 Å². The monoisotopic (exact) mass is 208 g/mol. The second kappa shape index (κ2) is 7.47. The Bertz CT molecular complexity index is 148. The standard InChI is InChI=1S/C9H20O3S/c1-8(2)5-4-6-9(3)7-12-13(10)11/h8-9H,4-7H2,1-3H3,(H,10,11). The molecule has 13 heavy (non-hydrogen) atoms. The van der Waals surface area contributed by atoms with Crippen molar-refractivity contribution in [3.8, 4) is 0 Å². The van der Waals surface area contributed by atoms with E-state index < -0.39 is 11.4 Å². The van der Waals surface area contributed by atoms with Crippen LogP contribution in [0.5, 0.6) is 0 Å². The van der Waals surface area contributed by atoms with E-state index in [9.17, 15) is 4.21 Å². The molecular weight excluding hydrogens is 188 g/mol. The summed E-state index contributed by atoms with van der Waals surface area (Å²) in [5.74, 6) is 1.11. The van der Waals surface area contributed by atoms with E-state index in [-0.39, 0.29) is 0 Å².